The molecule has 1 aromatic heterocycles. The molecule has 0 amide bonds. The molecule has 4 heteroatoms. The van der Waals surface area contributed by atoms with Crippen LogP contribution >= 0.6 is 0 Å². The van der Waals surface area contributed by atoms with E-state index in [4.69, 9.17) is 10.6 Å². The molecule has 102 valence electrons. The zero-order valence-electron chi connectivity index (χ0n) is 11.6. The molecule has 0 radical (unpaired) electrons. The Balaban J connectivity index is 2.40. The predicted octanol–water partition coefficient (Wildman–Crippen LogP) is 2.41. The Hall–Kier alpha value is -1.49. The van der Waals surface area contributed by atoms with E-state index in [1.54, 1.807) is 7.11 Å². The van der Waals surface area contributed by atoms with Gasteiger partial charge in [-0.05, 0) is 23.6 Å². The molecule has 0 bridgehead atoms. The molecule has 2 rings (SSSR count). The molecule has 0 fully saturated rings. The van der Waals surface area contributed by atoms with Crippen molar-refractivity contribution in [3.63, 3.8) is 0 Å². The SMILES string of the molecule is COC(C(C)C)C(NN)c1cnc2ccccc2c1. The van der Waals surface area contributed by atoms with Crippen molar-refractivity contribution in [2.24, 2.45) is 11.8 Å². The molecule has 0 saturated carbocycles. The average molecular weight is 259 g/mol. The van der Waals surface area contributed by atoms with Crippen molar-refractivity contribution < 1.29 is 4.74 Å². The van der Waals surface area contributed by atoms with Crippen LogP contribution in [0.5, 0.6) is 0 Å². The molecule has 0 aliphatic heterocycles. The minimum absolute atomic E-state index is 0.00737. The third-order valence-electron chi connectivity index (χ3n) is 3.41. The molecule has 2 aromatic rings. The van der Waals surface area contributed by atoms with E-state index >= 15 is 0 Å². The molecule has 19 heavy (non-hydrogen) atoms. The third-order valence-corrected chi connectivity index (χ3v) is 3.41. The first-order chi connectivity index (χ1) is 9.17. The van der Waals surface area contributed by atoms with E-state index in [9.17, 15) is 0 Å². The summed E-state index contributed by atoms with van der Waals surface area (Å²) >= 11 is 0. The van der Waals surface area contributed by atoms with Crippen LogP contribution in [0.3, 0.4) is 0 Å². The second-order valence-corrected chi connectivity index (χ2v) is 5.05. The fourth-order valence-electron chi connectivity index (χ4n) is 2.43. The standard InChI is InChI=1S/C15H21N3O/c1-10(2)15(19-3)14(18-16)12-8-11-6-4-5-7-13(11)17-9-12/h4-10,14-15,18H,16H2,1-3H3. The van der Waals surface area contributed by atoms with Gasteiger partial charge in [0.25, 0.3) is 0 Å². The van der Waals surface area contributed by atoms with Crippen LogP contribution < -0.4 is 11.3 Å². The summed E-state index contributed by atoms with van der Waals surface area (Å²) in [6, 6.07) is 10.1. The summed E-state index contributed by atoms with van der Waals surface area (Å²) in [5.41, 5.74) is 4.88. The lowest BCUT2D eigenvalue weighted by Gasteiger charge is -2.28. The third kappa shape index (κ3) is 2.92. The number of hydrogen-bond acceptors (Lipinski definition) is 4. The van der Waals surface area contributed by atoms with Crippen molar-refractivity contribution in [2.45, 2.75) is 26.0 Å². The van der Waals surface area contributed by atoms with Crippen LogP contribution in [0.2, 0.25) is 0 Å². The fraction of sp³-hybridized carbons (Fsp3) is 0.400. The Morgan fingerprint density at radius 2 is 2.00 bits per heavy atom. The number of nitrogens with two attached hydrogens (primary N) is 1. The fourth-order valence-corrected chi connectivity index (χ4v) is 2.43. The maximum atomic E-state index is 5.71. The van der Waals surface area contributed by atoms with Gasteiger partial charge in [0.2, 0.25) is 0 Å². The number of aromatic nitrogens is 1. The number of fused-ring (bicyclic) bond motifs is 1. The molecule has 3 N–H and O–H groups in total. The van der Waals surface area contributed by atoms with E-state index in [1.807, 2.05) is 24.4 Å². The van der Waals surface area contributed by atoms with E-state index in [0.29, 0.717) is 5.92 Å². The number of para-hydroxylation sites is 1. The highest BCUT2D eigenvalue weighted by Gasteiger charge is 2.25. The highest BCUT2D eigenvalue weighted by atomic mass is 16.5. The molecule has 1 aromatic carbocycles. The number of hydrogen-bond donors (Lipinski definition) is 2. The van der Waals surface area contributed by atoms with Crippen LogP contribution in [0, 0.1) is 5.92 Å². The lowest BCUT2D eigenvalue weighted by molar-refractivity contribution is 0.0326. The quantitative estimate of drug-likeness (QED) is 0.639. The lowest BCUT2D eigenvalue weighted by Crippen LogP contribution is -2.40. The zero-order chi connectivity index (χ0) is 13.8. The topological polar surface area (TPSA) is 60.2 Å². The van der Waals surface area contributed by atoms with E-state index in [0.717, 1.165) is 16.5 Å². The molecule has 2 atom stereocenters. The van der Waals surface area contributed by atoms with E-state index in [1.165, 1.54) is 0 Å². The summed E-state index contributed by atoms with van der Waals surface area (Å²) in [6.07, 6.45) is 1.87. The first kappa shape index (κ1) is 13.9. The van der Waals surface area contributed by atoms with Gasteiger partial charge in [-0.1, -0.05) is 32.0 Å². The number of nitrogens with one attached hydrogen (secondary N) is 1. The Labute approximate surface area is 113 Å². The highest BCUT2D eigenvalue weighted by Crippen LogP contribution is 2.25. The van der Waals surface area contributed by atoms with Gasteiger partial charge >= 0.3 is 0 Å². The number of pyridine rings is 1. The Morgan fingerprint density at radius 3 is 2.63 bits per heavy atom. The van der Waals surface area contributed by atoms with Crippen LogP contribution in [0.25, 0.3) is 10.9 Å². The molecule has 1 heterocycles. The van der Waals surface area contributed by atoms with Crippen LogP contribution in [0.15, 0.2) is 36.5 Å². The van der Waals surface area contributed by atoms with Crippen LogP contribution in [0.4, 0.5) is 0 Å². The maximum Gasteiger partial charge on any atom is 0.0802 e. The van der Waals surface area contributed by atoms with Crippen molar-refractivity contribution in [1.82, 2.24) is 10.4 Å². The van der Waals surface area contributed by atoms with Crippen LogP contribution in [-0.4, -0.2) is 18.2 Å². The normalized spacial score (nSPS) is 14.8. The summed E-state index contributed by atoms with van der Waals surface area (Å²) < 4.78 is 5.56. The number of nitrogens with zero attached hydrogens (tertiary/aromatic N) is 1. The van der Waals surface area contributed by atoms with Crippen LogP contribution in [0.1, 0.15) is 25.5 Å². The van der Waals surface area contributed by atoms with E-state index in [2.05, 4.69) is 36.4 Å². The van der Waals surface area contributed by atoms with Crippen molar-refractivity contribution >= 4 is 10.9 Å². The summed E-state index contributed by atoms with van der Waals surface area (Å²) in [7, 11) is 1.71. The van der Waals surface area contributed by atoms with Gasteiger partial charge in [-0.25, -0.2) is 0 Å². The molecule has 4 nitrogen and oxygen atoms in total. The second kappa shape index (κ2) is 6.10. The summed E-state index contributed by atoms with van der Waals surface area (Å²) in [4.78, 5) is 4.47. The van der Waals surface area contributed by atoms with Crippen molar-refractivity contribution in [3.8, 4) is 0 Å². The van der Waals surface area contributed by atoms with Gasteiger partial charge in [-0.2, -0.15) is 0 Å². The minimum Gasteiger partial charge on any atom is -0.379 e. The zero-order valence-corrected chi connectivity index (χ0v) is 11.6. The Bertz CT molecular complexity index is 542. The molecule has 2 unspecified atom stereocenters. The second-order valence-electron chi connectivity index (χ2n) is 5.05. The molecule has 0 spiro atoms. The number of hydrazine groups is 1. The van der Waals surface area contributed by atoms with Gasteiger partial charge in [0.15, 0.2) is 0 Å². The highest BCUT2D eigenvalue weighted by molar-refractivity contribution is 5.78. The van der Waals surface area contributed by atoms with Gasteiger partial charge in [0, 0.05) is 18.7 Å². The largest absolute Gasteiger partial charge is 0.379 e. The predicted molar refractivity (Wildman–Crippen MR) is 77.4 cm³/mol. The average Bonchev–Trinajstić information content (AvgIpc) is 2.43. The minimum atomic E-state index is -0.0675. The van der Waals surface area contributed by atoms with Gasteiger partial charge in [-0.15, -0.1) is 0 Å². The van der Waals surface area contributed by atoms with E-state index in [-0.39, 0.29) is 12.1 Å². The number of rotatable bonds is 5. The van der Waals surface area contributed by atoms with Gasteiger partial charge in [0.05, 0.1) is 17.7 Å². The summed E-state index contributed by atoms with van der Waals surface area (Å²) in [5, 5.41) is 1.11. The number of ether oxygens (including phenoxy) is 1. The number of benzene rings is 1. The molecule has 0 saturated heterocycles. The summed E-state index contributed by atoms with van der Waals surface area (Å²) in [5.74, 6) is 6.06. The number of methoxy groups -OCH3 is 1. The molecular weight excluding hydrogens is 238 g/mol. The van der Waals surface area contributed by atoms with Crippen molar-refractivity contribution in [1.29, 1.82) is 0 Å². The first-order valence-corrected chi connectivity index (χ1v) is 6.51. The lowest BCUT2D eigenvalue weighted by atomic mass is 9.94. The maximum absolute atomic E-state index is 5.71. The van der Waals surface area contributed by atoms with Gasteiger partial charge < -0.3 is 4.74 Å². The Kier molecular flexibility index (Phi) is 4.47. The summed E-state index contributed by atoms with van der Waals surface area (Å²) in [6.45, 7) is 4.24. The Morgan fingerprint density at radius 1 is 1.26 bits per heavy atom. The monoisotopic (exact) mass is 259 g/mol. The van der Waals surface area contributed by atoms with Gasteiger partial charge in [0.1, 0.15) is 0 Å². The van der Waals surface area contributed by atoms with Crippen molar-refractivity contribution in [3.05, 3.63) is 42.1 Å². The molecular formula is C15H21N3O. The smallest absolute Gasteiger partial charge is 0.0802 e. The van der Waals surface area contributed by atoms with Crippen molar-refractivity contribution in [2.75, 3.05) is 7.11 Å². The first-order valence-electron chi connectivity index (χ1n) is 6.51. The van der Waals surface area contributed by atoms with Gasteiger partial charge in [-0.3, -0.25) is 16.3 Å². The van der Waals surface area contributed by atoms with Crippen LogP contribution in [-0.2, 0) is 4.74 Å². The molecule has 0 aliphatic rings. The van der Waals surface area contributed by atoms with E-state index < -0.39 is 0 Å². The molecule has 0 aliphatic carbocycles.